The molecule has 4 nitrogen and oxygen atoms in total. The van der Waals surface area contributed by atoms with Gasteiger partial charge in [-0.05, 0) is 47.9 Å². The minimum Gasteiger partial charge on any atom is -0.504 e. The van der Waals surface area contributed by atoms with Crippen LogP contribution in [0.2, 0.25) is 0 Å². The number of fused-ring (bicyclic) bond motifs is 1. The lowest BCUT2D eigenvalue weighted by molar-refractivity contribution is 0.0695. The van der Waals surface area contributed by atoms with Gasteiger partial charge >= 0.3 is 5.97 Å². The Kier molecular flexibility index (Phi) is 9.90. The summed E-state index contributed by atoms with van der Waals surface area (Å²) in [5.74, 6) is -2.13. The molecule has 30 heavy (non-hydrogen) atoms. The van der Waals surface area contributed by atoms with Crippen LogP contribution in [-0.2, 0) is 12.8 Å². The first kappa shape index (κ1) is 25.0. The molecule has 3 aromatic carbocycles. The molecule has 3 N–H and O–H groups in total. The maximum Gasteiger partial charge on any atom is 0.340 e. The third-order valence-electron chi connectivity index (χ3n) is 4.77. The van der Waals surface area contributed by atoms with Crippen molar-refractivity contribution in [1.29, 1.82) is 0 Å². The van der Waals surface area contributed by atoms with Crippen molar-refractivity contribution in [2.45, 2.75) is 60.8 Å². The van der Waals surface area contributed by atoms with Crippen molar-refractivity contribution in [3.8, 4) is 11.5 Å². The fourth-order valence-electron chi connectivity index (χ4n) is 3.45. The Bertz CT molecular complexity index is 976. The first-order chi connectivity index (χ1) is 14.4. The summed E-state index contributed by atoms with van der Waals surface area (Å²) in [6, 6.07) is 13.7. The molecule has 4 heteroatoms. The lowest BCUT2D eigenvalue weighted by atomic mass is 9.90. The van der Waals surface area contributed by atoms with Crippen LogP contribution in [0.1, 0.15) is 73.7 Å². The molecule has 0 aliphatic heterocycles. The van der Waals surface area contributed by atoms with Gasteiger partial charge in [-0.3, -0.25) is 0 Å². The van der Waals surface area contributed by atoms with Gasteiger partial charge < -0.3 is 15.3 Å². The van der Waals surface area contributed by atoms with Gasteiger partial charge in [0.25, 0.3) is 0 Å². The number of carbonyl (C=O) groups is 1. The zero-order valence-electron chi connectivity index (χ0n) is 18.9. The van der Waals surface area contributed by atoms with Crippen LogP contribution in [0.5, 0.6) is 11.5 Å². The molecule has 0 aliphatic rings. The van der Waals surface area contributed by atoms with Crippen molar-refractivity contribution in [3.63, 3.8) is 0 Å². The highest BCUT2D eigenvalue weighted by molar-refractivity contribution is 6.09. The molecule has 0 radical (unpaired) electrons. The zero-order valence-corrected chi connectivity index (χ0v) is 18.9. The average Bonchev–Trinajstić information content (AvgIpc) is 2.76. The standard InChI is InChI=1S/C22H22O4.2C2H6/c1-3-7-16-17-10-13(2)15(11-14-8-5-4-6-9-14)12-18(17)19(22(25)26)21(24)20(16)23;2*1-2/h4-6,8-10,12,23-24H,3,7,11H2,1-2H3,(H,25,26);2*1-2H3. The van der Waals surface area contributed by atoms with E-state index in [-0.39, 0.29) is 11.3 Å². The molecule has 3 aromatic rings. The van der Waals surface area contributed by atoms with Gasteiger partial charge in [-0.25, -0.2) is 4.79 Å². The second-order valence-electron chi connectivity index (χ2n) is 6.59. The van der Waals surface area contributed by atoms with E-state index in [9.17, 15) is 20.1 Å². The number of benzene rings is 3. The van der Waals surface area contributed by atoms with Crippen molar-refractivity contribution < 1.29 is 20.1 Å². The number of phenolic OH excluding ortho intramolecular Hbond substituents is 1. The Hall–Kier alpha value is -3.01. The van der Waals surface area contributed by atoms with E-state index < -0.39 is 11.7 Å². The van der Waals surface area contributed by atoms with Crippen LogP contribution in [0.15, 0.2) is 42.5 Å². The van der Waals surface area contributed by atoms with Gasteiger partial charge in [0.15, 0.2) is 11.5 Å². The first-order valence-electron chi connectivity index (χ1n) is 10.7. The van der Waals surface area contributed by atoms with Crippen LogP contribution >= 0.6 is 0 Å². The molecule has 0 unspecified atom stereocenters. The molecule has 0 saturated carbocycles. The Balaban J connectivity index is 0.00000106. The van der Waals surface area contributed by atoms with Gasteiger partial charge in [-0.15, -0.1) is 0 Å². The summed E-state index contributed by atoms with van der Waals surface area (Å²) in [5.41, 5.74) is 3.51. The third kappa shape index (κ3) is 5.32. The van der Waals surface area contributed by atoms with E-state index in [1.54, 1.807) is 0 Å². The van der Waals surface area contributed by atoms with E-state index >= 15 is 0 Å². The van der Waals surface area contributed by atoms with E-state index in [2.05, 4.69) is 0 Å². The highest BCUT2D eigenvalue weighted by Gasteiger charge is 2.23. The Morgan fingerprint density at radius 2 is 1.50 bits per heavy atom. The van der Waals surface area contributed by atoms with Crippen LogP contribution < -0.4 is 0 Å². The highest BCUT2D eigenvalue weighted by atomic mass is 16.4. The van der Waals surface area contributed by atoms with E-state index in [0.29, 0.717) is 29.2 Å². The van der Waals surface area contributed by atoms with Crippen molar-refractivity contribution in [1.82, 2.24) is 0 Å². The first-order valence-corrected chi connectivity index (χ1v) is 10.7. The molecule has 0 spiro atoms. The fraction of sp³-hybridized carbons (Fsp3) is 0.346. The number of aromatic carboxylic acids is 1. The number of carboxylic acid groups (broad SMARTS) is 1. The molecule has 162 valence electrons. The molecule has 0 heterocycles. The Morgan fingerprint density at radius 1 is 0.900 bits per heavy atom. The zero-order chi connectivity index (χ0) is 22.8. The summed E-state index contributed by atoms with van der Waals surface area (Å²) in [7, 11) is 0. The molecular formula is C26H34O4. The van der Waals surface area contributed by atoms with Gasteiger partial charge in [0, 0.05) is 10.9 Å². The van der Waals surface area contributed by atoms with Gasteiger partial charge in [0.05, 0.1) is 0 Å². The van der Waals surface area contributed by atoms with E-state index in [1.807, 2.05) is 84.0 Å². The van der Waals surface area contributed by atoms with Crippen LogP contribution in [0, 0.1) is 6.92 Å². The van der Waals surface area contributed by atoms with Crippen LogP contribution in [-0.4, -0.2) is 21.3 Å². The summed E-state index contributed by atoms with van der Waals surface area (Å²) < 4.78 is 0. The second-order valence-corrected chi connectivity index (χ2v) is 6.59. The molecule has 3 rings (SSSR count). The molecule has 0 aliphatic carbocycles. The molecule has 0 aromatic heterocycles. The molecular weight excluding hydrogens is 376 g/mol. The van der Waals surface area contributed by atoms with Gasteiger partial charge in [0.2, 0.25) is 0 Å². The highest BCUT2D eigenvalue weighted by Crippen LogP contribution is 2.42. The normalized spacial score (nSPS) is 9.93. The van der Waals surface area contributed by atoms with Gasteiger partial charge in [-0.2, -0.15) is 0 Å². The largest absolute Gasteiger partial charge is 0.504 e. The number of phenols is 2. The Labute approximate surface area is 179 Å². The molecule has 0 fully saturated rings. The molecule has 0 atom stereocenters. The van der Waals surface area contributed by atoms with Crippen LogP contribution in [0.25, 0.3) is 10.8 Å². The lowest BCUT2D eigenvalue weighted by Gasteiger charge is -2.16. The summed E-state index contributed by atoms with van der Waals surface area (Å²) in [4.78, 5) is 11.7. The number of hydrogen-bond donors (Lipinski definition) is 3. The van der Waals surface area contributed by atoms with E-state index in [0.717, 1.165) is 23.1 Å². The molecule has 0 amide bonds. The third-order valence-corrected chi connectivity index (χ3v) is 4.77. The smallest absolute Gasteiger partial charge is 0.340 e. The number of hydrogen-bond acceptors (Lipinski definition) is 3. The molecule has 0 saturated heterocycles. The van der Waals surface area contributed by atoms with Crippen LogP contribution in [0.3, 0.4) is 0 Å². The Morgan fingerprint density at radius 3 is 2.03 bits per heavy atom. The SMILES string of the molecule is CC.CC.CCCc1c(O)c(O)c(C(=O)O)c2cc(Cc3ccccc3)c(C)cc12. The maximum atomic E-state index is 11.7. The van der Waals surface area contributed by atoms with Crippen LogP contribution in [0.4, 0.5) is 0 Å². The summed E-state index contributed by atoms with van der Waals surface area (Å²) in [5, 5.41) is 31.4. The predicted molar refractivity (Wildman–Crippen MR) is 125 cm³/mol. The minimum atomic E-state index is -1.25. The van der Waals surface area contributed by atoms with E-state index in [1.165, 1.54) is 0 Å². The minimum absolute atomic E-state index is 0.244. The van der Waals surface area contributed by atoms with Crippen molar-refractivity contribution in [2.24, 2.45) is 0 Å². The fourth-order valence-corrected chi connectivity index (χ4v) is 3.45. The predicted octanol–water partition coefficient (Wildman–Crippen LogP) is 6.85. The van der Waals surface area contributed by atoms with Gasteiger partial charge in [-0.1, -0.05) is 77.4 Å². The summed E-state index contributed by atoms with van der Waals surface area (Å²) in [6.45, 7) is 12.0. The lowest BCUT2D eigenvalue weighted by Crippen LogP contribution is -2.03. The molecule has 0 bridgehead atoms. The number of rotatable bonds is 5. The number of aryl methyl sites for hydroxylation is 2. The van der Waals surface area contributed by atoms with Crippen molar-refractivity contribution in [2.75, 3.05) is 0 Å². The van der Waals surface area contributed by atoms with Crippen molar-refractivity contribution in [3.05, 3.63) is 70.3 Å². The second kappa shape index (κ2) is 11.9. The maximum absolute atomic E-state index is 11.7. The topological polar surface area (TPSA) is 77.8 Å². The quantitative estimate of drug-likeness (QED) is 0.402. The number of aromatic hydroxyl groups is 2. The van der Waals surface area contributed by atoms with Gasteiger partial charge in [0.1, 0.15) is 5.56 Å². The average molecular weight is 411 g/mol. The van der Waals surface area contributed by atoms with Crippen molar-refractivity contribution >= 4 is 16.7 Å². The van der Waals surface area contributed by atoms with E-state index in [4.69, 9.17) is 0 Å². The monoisotopic (exact) mass is 410 g/mol. The summed E-state index contributed by atoms with van der Waals surface area (Å²) >= 11 is 0. The summed E-state index contributed by atoms with van der Waals surface area (Å²) in [6.07, 6.45) is 2.01. The number of carboxylic acids is 1.